The first-order valence-electron chi connectivity index (χ1n) is 8.74. The van der Waals surface area contributed by atoms with Crippen LogP contribution in [0.3, 0.4) is 0 Å². The van der Waals surface area contributed by atoms with Crippen molar-refractivity contribution in [1.82, 2.24) is 9.78 Å². The summed E-state index contributed by atoms with van der Waals surface area (Å²) in [6.45, 7) is -1.46. The summed E-state index contributed by atoms with van der Waals surface area (Å²) in [5.41, 5.74) is 1.56. The number of benzene rings is 2. The molecule has 3 aromatic rings. The summed E-state index contributed by atoms with van der Waals surface area (Å²) in [6.07, 6.45) is -1.69. The minimum Gasteiger partial charge on any atom is -0.489 e. The maximum absolute atomic E-state index is 12.5. The highest BCUT2D eigenvalue weighted by Gasteiger charge is 2.27. The number of halogens is 4. The van der Waals surface area contributed by atoms with Gasteiger partial charge in [-0.15, -0.1) is 0 Å². The molecule has 0 radical (unpaired) electrons. The number of rotatable bonds is 8. The number of hydrogen-bond donors (Lipinski definition) is 1. The molecule has 0 aliphatic carbocycles. The predicted octanol–water partition coefficient (Wildman–Crippen LogP) is 5.01. The summed E-state index contributed by atoms with van der Waals surface area (Å²) in [4.78, 5) is 12.5. The van der Waals surface area contributed by atoms with Gasteiger partial charge in [0.25, 0.3) is 5.91 Å². The van der Waals surface area contributed by atoms with Crippen LogP contribution in [0.1, 0.15) is 15.9 Å². The molecule has 0 unspecified atom stereocenters. The zero-order chi connectivity index (χ0) is 21.6. The van der Waals surface area contributed by atoms with E-state index in [1.165, 1.54) is 12.4 Å². The van der Waals surface area contributed by atoms with Gasteiger partial charge in [-0.1, -0.05) is 28.1 Å². The van der Waals surface area contributed by atoms with Crippen LogP contribution in [0.15, 0.2) is 65.4 Å². The van der Waals surface area contributed by atoms with Gasteiger partial charge in [0.2, 0.25) is 0 Å². The Hall–Kier alpha value is -2.85. The van der Waals surface area contributed by atoms with Crippen LogP contribution in [-0.4, -0.2) is 28.5 Å². The highest BCUT2D eigenvalue weighted by Crippen LogP contribution is 2.18. The van der Waals surface area contributed by atoms with Crippen LogP contribution in [0.5, 0.6) is 5.75 Å². The third kappa shape index (κ3) is 6.89. The Kier molecular flexibility index (Phi) is 7.11. The summed E-state index contributed by atoms with van der Waals surface area (Å²) >= 11 is 3.36. The van der Waals surface area contributed by atoms with E-state index in [0.29, 0.717) is 17.0 Å². The Bertz CT molecular complexity index is 991. The Morgan fingerprint density at radius 3 is 2.67 bits per heavy atom. The number of carbonyl (C=O) groups excluding carboxylic acids is 1. The average molecular weight is 484 g/mol. The van der Waals surface area contributed by atoms with E-state index >= 15 is 0 Å². The fourth-order valence-electron chi connectivity index (χ4n) is 2.46. The van der Waals surface area contributed by atoms with Crippen molar-refractivity contribution in [3.63, 3.8) is 0 Å². The van der Waals surface area contributed by atoms with E-state index in [1.54, 1.807) is 18.2 Å². The highest BCUT2D eigenvalue weighted by molar-refractivity contribution is 9.10. The van der Waals surface area contributed by atoms with E-state index < -0.39 is 12.8 Å². The third-order valence-electron chi connectivity index (χ3n) is 3.79. The second-order valence-corrected chi connectivity index (χ2v) is 7.17. The number of aromatic nitrogens is 2. The van der Waals surface area contributed by atoms with E-state index in [1.807, 2.05) is 30.3 Å². The second-order valence-electron chi connectivity index (χ2n) is 6.26. The first kappa shape index (κ1) is 21.8. The predicted molar refractivity (Wildman–Crippen MR) is 107 cm³/mol. The zero-order valence-electron chi connectivity index (χ0n) is 15.5. The van der Waals surface area contributed by atoms with Gasteiger partial charge in [-0.05, 0) is 42.0 Å². The van der Waals surface area contributed by atoms with Gasteiger partial charge in [0.15, 0.2) is 0 Å². The molecule has 0 bridgehead atoms. The van der Waals surface area contributed by atoms with Gasteiger partial charge in [0, 0.05) is 10.0 Å². The molecule has 1 heterocycles. The molecule has 10 heteroatoms. The Morgan fingerprint density at radius 1 is 1.17 bits per heavy atom. The number of ether oxygens (including phenoxy) is 2. The van der Waals surface area contributed by atoms with Crippen LogP contribution >= 0.6 is 15.9 Å². The molecule has 0 saturated heterocycles. The molecular weight excluding hydrogens is 467 g/mol. The quantitative estimate of drug-likeness (QED) is 0.488. The maximum Gasteiger partial charge on any atom is 0.411 e. The van der Waals surface area contributed by atoms with Crippen LogP contribution in [-0.2, 0) is 18.1 Å². The lowest BCUT2D eigenvalue weighted by Crippen LogP contribution is -2.18. The second kappa shape index (κ2) is 9.77. The van der Waals surface area contributed by atoms with Crippen molar-refractivity contribution in [1.29, 1.82) is 0 Å². The fraction of sp³-hybridized carbons (Fsp3) is 0.200. The normalized spacial score (nSPS) is 11.3. The number of anilines is 1. The number of alkyl halides is 3. The molecule has 0 saturated carbocycles. The largest absolute Gasteiger partial charge is 0.489 e. The average Bonchev–Trinajstić information content (AvgIpc) is 3.14. The van der Waals surface area contributed by atoms with Crippen LogP contribution in [0.4, 0.5) is 18.9 Å². The molecule has 3 rings (SSSR count). The highest BCUT2D eigenvalue weighted by atomic mass is 79.9. The SMILES string of the molecule is O=C(Nc1cnn(COCC(F)(F)F)c1)c1cccc(COc2ccc(Br)cc2)c1. The molecule has 0 spiro atoms. The number of hydrogen-bond acceptors (Lipinski definition) is 4. The molecule has 30 heavy (non-hydrogen) atoms. The van der Waals surface area contributed by atoms with Crippen LogP contribution in [0.25, 0.3) is 0 Å². The Balaban J connectivity index is 1.54. The minimum atomic E-state index is -4.41. The molecular formula is C20H17BrF3N3O3. The molecule has 158 valence electrons. The van der Waals surface area contributed by atoms with E-state index in [4.69, 9.17) is 4.74 Å². The van der Waals surface area contributed by atoms with Gasteiger partial charge in [-0.3, -0.25) is 4.79 Å². The third-order valence-corrected chi connectivity index (χ3v) is 4.32. The van der Waals surface area contributed by atoms with Gasteiger partial charge < -0.3 is 14.8 Å². The van der Waals surface area contributed by atoms with Crippen LogP contribution < -0.4 is 10.1 Å². The minimum absolute atomic E-state index is 0.289. The van der Waals surface area contributed by atoms with Crippen LogP contribution in [0, 0.1) is 0 Å². The summed E-state index contributed by atoms with van der Waals surface area (Å²) in [7, 11) is 0. The van der Waals surface area contributed by atoms with E-state index in [9.17, 15) is 18.0 Å². The topological polar surface area (TPSA) is 65.4 Å². The van der Waals surface area contributed by atoms with Crippen molar-refractivity contribution in [3.8, 4) is 5.75 Å². The monoisotopic (exact) mass is 483 g/mol. The summed E-state index contributed by atoms with van der Waals surface area (Å²) in [5.74, 6) is 0.324. The Labute approximate surface area is 178 Å². The van der Waals surface area contributed by atoms with Gasteiger partial charge in [0.1, 0.15) is 25.7 Å². The van der Waals surface area contributed by atoms with Crippen molar-refractivity contribution in [2.45, 2.75) is 19.5 Å². The number of nitrogens with one attached hydrogen (secondary N) is 1. The smallest absolute Gasteiger partial charge is 0.411 e. The maximum atomic E-state index is 12.5. The van der Waals surface area contributed by atoms with E-state index in [2.05, 4.69) is 31.1 Å². The van der Waals surface area contributed by atoms with Gasteiger partial charge in [-0.2, -0.15) is 18.3 Å². The first-order valence-corrected chi connectivity index (χ1v) is 9.53. The lowest BCUT2D eigenvalue weighted by molar-refractivity contribution is -0.182. The molecule has 1 aromatic heterocycles. The number of carbonyl (C=O) groups is 1. The number of amides is 1. The molecule has 1 amide bonds. The van der Waals surface area contributed by atoms with E-state index in [0.717, 1.165) is 14.7 Å². The van der Waals surface area contributed by atoms with Crippen molar-refractivity contribution in [3.05, 3.63) is 76.5 Å². The van der Waals surface area contributed by atoms with E-state index in [-0.39, 0.29) is 19.2 Å². The molecule has 0 aliphatic rings. The molecule has 6 nitrogen and oxygen atoms in total. The van der Waals surface area contributed by atoms with Crippen molar-refractivity contribution in [2.24, 2.45) is 0 Å². The standard InChI is InChI=1S/C20H17BrF3N3O3/c21-16-4-6-18(7-5-16)30-11-14-2-1-3-15(8-14)19(28)26-17-9-25-27(10-17)13-29-12-20(22,23)24/h1-10H,11-13H2,(H,26,28). The van der Waals surface area contributed by atoms with Crippen LogP contribution in [0.2, 0.25) is 0 Å². The lowest BCUT2D eigenvalue weighted by Gasteiger charge is -2.08. The van der Waals surface area contributed by atoms with Crippen molar-refractivity contribution < 1.29 is 27.4 Å². The summed E-state index contributed by atoms with van der Waals surface area (Å²) in [5, 5.41) is 6.50. The lowest BCUT2D eigenvalue weighted by atomic mass is 10.1. The van der Waals surface area contributed by atoms with Crippen molar-refractivity contribution >= 4 is 27.5 Å². The van der Waals surface area contributed by atoms with Gasteiger partial charge in [0.05, 0.1) is 18.1 Å². The molecule has 0 aliphatic heterocycles. The summed E-state index contributed by atoms with van der Waals surface area (Å²) in [6, 6.07) is 14.3. The van der Waals surface area contributed by atoms with Gasteiger partial charge >= 0.3 is 6.18 Å². The van der Waals surface area contributed by atoms with Gasteiger partial charge in [-0.25, -0.2) is 4.68 Å². The first-order chi connectivity index (χ1) is 14.3. The molecule has 2 aromatic carbocycles. The Morgan fingerprint density at radius 2 is 1.93 bits per heavy atom. The summed E-state index contributed by atoms with van der Waals surface area (Å²) < 4.78 is 48.6. The fourth-order valence-corrected chi connectivity index (χ4v) is 2.72. The number of nitrogens with zero attached hydrogens (tertiary/aromatic N) is 2. The molecule has 0 fully saturated rings. The zero-order valence-corrected chi connectivity index (χ0v) is 17.1. The molecule has 1 N–H and O–H groups in total. The molecule has 0 atom stereocenters. The van der Waals surface area contributed by atoms with Crippen molar-refractivity contribution in [2.75, 3.05) is 11.9 Å².